The van der Waals surface area contributed by atoms with Crippen molar-refractivity contribution in [1.82, 2.24) is 5.32 Å². The predicted molar refractivity (Wildman–Crippen MR) is 69.3 cm³/mol. The second kappa shape index (κ2) is 5.66. The highest BCUT2D eigenvalue weighted by molar-refractivity contribution is 7.08. The molecule has 0 aromatic carbocycles. The van der Waals surface area contributed by atoms with Crippen LogP contribution in [0.25, 0.3) is 0 Å². The van der Waals surface area contributed by atoms with Gasteiger partial charge in [0.05, 0.1) is 11.1 Å². The van der Waals surface area contributed by atoms with Crippen LogP contribution < -0.4 is 11.1 Å². The molecule has 1 saturated carbocycles. The quantitative estimate of drug-likeness (QED) is 0.875. The molecule has 1 aliphatic rings. The monoisotopic (exact) mass is 260 g/mol. The van der Waals surface area contributed by atoms with E-state index < -0.39 is 0 Å². The van der Waals surface area contributed by atoms with Crippen molar-refractivity contribution in [3.05, 3.63) is 22.4 Å². The van der Waals surface area contributed by atoms with Crippen LogP contribution in [0.15, 0.2) is 16.8 Å². The van der Waals surface area contributed by atoms with Crippen molar-refractivity contribution in [1.29, 1.82) is 0 Å². The molecular weight excluding hydrogens is 244 g/mol. The smallest absolute Gasteiger partial charge is 0.252 e. The lowest BCUT2D eigenvalue weighted by molar-refractivity contribution is 0.0903. The molecule has 1 fully saturated rings. The minimum atomic E-state index is -0.140. The van der Waals surface area contributed by atoms with Crippen LogP contribution in [0.3, 0.4) is 0 Å². The molecule has 1 aromatic rings. The Kier molecular flexibility index (Phi) is 4.77. The van der Waals surface area contributed by atoms with Gasteiger partial charge in [-0.3, -0.25) is 4.79 Å². The molecule has 0 atom stereocenters. The highest BCUT2D eigenvalue weighted by atomic mass is 35.5. The van der Waals surface area contributed by atoms with Gasteiger partial charge in [0.2, 0.25) is 0 Å². The summed E-state index contributed by atoms with van der Waals surface area (Å²) in [5.74, 6) is 0.0172. The zero-order chi connectivity index (χ0) is 10.7. The standard InChI is InChI=1S/C11H16N2OS.ClH/c12-8-11(4-1-2-5-11)13-10(14)9-3-6-15-7-9;/h3,6-7H,1-2,4-5,8,12H2,(H,13,14);1H. The summed E-state index contributed by atoms with van der Waals surface area (Å²) in [4.78, 5) is 11.9. The van der Waals surface area contributed by atoms with E-state index >= 15 is 0 Å². The van der Waals surface area contributed by atoms with E-state index in [2.05, 4.69) is 5.32 Å². The molecule has 1 amide bonds. The normalized spacial score (nSPS) is 17.8. The van der Waals surface area contributed by atoms with Crippen LogP contribution in [-0.2, 0) is 0 Å². The third kappa shape index (κ3) is 2.75. The Hall–Kier alpha value is -0.580. The molecule has 3 nitrogen and oxygen atoms in total. The highest BCUT2D eigenvalue weighted by Crippen LogP contribution is 2.29. The third-order valence-electron chi connectivity index (χ3n) is 3.11. The van der Waals surface area contributed by atoms with Crippen molar-refractivity contribution in [2.45, 2.75) is 31.2 Å². The van der Waals surface area contributed by atoms with Crippen LogP contribution in [-0.4, -0.2) is 18.0 Å². The van der Waals surface area contributed by atoms with Crippen LogP contribution in [0, 0.1) is 0 Å². The first-order valence-electron chi connectivity index (χ1n) is 5.31. The molecule has 0 radical (unpaired) electrons. The van der Waals surface area contributed by atoms with Crippen LogP contribution in [0.5, 0.6) is 0 Å². The van der Waals surface area contributed by atoms with Gasteiger partial charge >= 0.3 is 0 Å². The van der Waals surface area contributed by atoms with E-state index in [4.69, 9.17) is 5.73 Å². The van der Waals surface area contributed by atoms with Gasteiger partial charge in [-0.1, -0.05) is 12.8 Å². The van der Waals surface area contributed by atoms with Gasteiger partial charge in [-0.2, -0.15) is 11.3 Å². The summed E-state index contributed by atoms with van der Waals surface area (Å²) in [6.07, 6.45) is 4.36. The summed E-state index contributed by atoms with van der Waals surface area (Å²) < 4.78 is 0. The molecule has 0 aliphatic heterocycles. The molecular formula is C11H17ClN2OS. The lowest BCUT2D eigenvalue weighted by atomic mass is 9.97. The third-order valence-corrected chi connectivity index (χ3v) is 3.80. The molecule has 1 heterocycles. The van der Waals surface area contributed by atoms with E-state index in [1.54, 1.807) is 11.3 Å². The van der Waals surface area contributed by atoms with Crippen molar-refractivity contribution in [2.24, 2.45) is 5.73 Å². The van der Waals surface area contributed by atoms with Crippen LogP contribution in [0.1, 0.15) is 36.0 Å². The van der Waals surface area contributed by atoms with Gasteiger partial charge in [0.15, 0.2) is 0 Å². The fraction of sp³-hybridized carbons (Fsp3) is 0.545. The maximum Gasteiger partial charge on any atom is 0.252 e. The van der Waals surface area contributed by atoms with Crippen molar-refractivity contribution >= 4 is 29.7 Å². The van der Waals surface area contributed by atoms with E-state index in [1.807, 2.05) is 16.8 Å². The zero-order valence-electron chi connectivity index (χ0n) is 9.07. The molecule has 16 heavy (non-hydrogen) atoms. The Morgan fingerprint density at radius 2 is 2.19 bits per heavy atom. The van der Waals surface area contributed by atoms with Crippen molar-refractivity contribution in [3.8, 4) is 0 Å². The first kappa shape index (κ1) is 13.5. The second-order valence-electron chi connectivity index (χ2n) is 4.16. The van der Waals surface area contributed by atoms with Crippen LogP contribution in [0.4, 0.5) is 0 Å². The van der Waals surface area contributed by atoms with Gasteiger partial charge in [-0.15, -0.1) is 12.4 Å². The molecule has 0 spiro atoms. The fourth-order valence-corrected chi connectivity index (χ4v) is 2.77. The van der Waals surface area contributed by atoms with E-state index in [1.165, 1.54) is 12.8 Å². The van der Waals surface area contributed by atoms with E-state index in [-0.39, 0.29) is 23.9 Å². The Bertz CT molecular complexity index is 334. The average Bonchev–Trinajstić information content (AvgIpc) is 2.88. The molecule has 1 aromatic heterocycles. The summed E-state index contributed by atoms with van der Waals surface area (Å²) >= 11 is 1.54. The second-order valence-corrected chi connectivity index (χ2v) is 4.94. The molecule has 0 unspecified atom stereocenters. The number of hydrogen-bond donors (Lipinski definition) is 2. The van der Waals surface area contributed by atoms with Gasteiger partial charge in [0, 0.05) is 11.9 Å². The van der Waals surface area contributed by atoms with Crippen molar-refractivity contribution < 1.29 is 4.79 Å². The molecule has 90 valence electrons. The lowest BCUT2D eigenvalue weighted by Gasteiger charge is -2.28. The fourth-order valence-electron chi connectivity index (χ4n) is 2.14. The number of amides is 1. The SMILES string of the molecule is Cl.NCC1(NC(=O)c2ccsc2)CCCC1. The van der Waals surface area contributed by atoms with Gasteiger partial charge in [-0.05, 0) is 24.3 Å². The predicted octanol–water partition coefficient (Wildman–Crippen LogP) is 2.17. The summed E-state index contributed by atoms with van der Waals surface area (Å²) in [6.45, 7) is 0.545. The first-order chi connectivity index (χ1) is 7.26. The number of thiophene rings is 1. The summed E-state index contributed by atoms with van der Waals surface area (Å²) in [5.41, 5.74) is 6.37. The van der Waals surface area contributed by atoms with Gasteiger partial charge in [0.25, 0.3) is 5.91 Å². The molecule has 2 rings (SSSR count). The van der Waals surface area contributed by atoms with Crippen molar-refractivity contribution in [2.75, 3.05) is 6.54 Å². The molecule has 5 heteroatoms. The minimum Gasteiger partial charge on any atom is -0.345 e. The number of nitrogens with two attached hydrogens (primary N) is 1. The summed E-state index contributed by atoms with van der Waals surface area (Å²) in [6, 6.07) is 1.85. The van der Waals surface area contributed by atoms with Gasteiger partial charge in [-0.25, -0.2) is 0 Å². The Morgan fingerprint density at radius 1 is 1.50 bits per heavy atom. The number of nitrogens with one attached hydrogen (secondary N) is 1. The number of carbonyl (C=O) groups is 1. The Balaban J connectivity index is 0.00000128. The molecule has 3 N–H and O–H groups in total. The number of rotatable bonds is 3. The van der Waals surface area contributed by atoms with Crippen molar-refractivity contribution in [3.63, 3.8) is 0 Å². The van der Waals surface area contributed by atoms with Crippen LogP contribution >= 0.6 is 23.7 Å². The van der Waals surface area contributed by atoms with Crippen LogP contribution in [0.2, 0.25) is 0 Å². The Labute approximate surface area is 106 Å². The van der Waals surface area contributed by atoms with E-state index in [0.29, 0.717) is 6.54 Å². The lowest BCUT2D eigenvalue weighted by Crippen LogP contribution is -2.51. The summed E-state index contributed by atoms with van der Waals surface area (Å²) in [7, 11) is 0. The number of halogens is 1. The first-order valence-corrected chi connectivity index (χ1v) is 6.25. The van der Waals surface area contributed by atoms with Gasteiger partial charge < -0.3 is 11.1 Å². The van der Waals surface area contributed by atoms with E-state index in [9.17, 15) is 4.79 Å². The largest absolute Gasteiger partial charge is 0.345 e. The molecule has 0 bridgehead atoms. The number of carbonyl (C=O) groups excluding carboxylic acids is 1. The Morgan fingerprint density at radius 3 is 2.69 bits per heavy atom. The summed E-state index contributed by atoms with van der Waals surface area (Å²) in [5, 5.41) is 6.87. The average molecular weight is 261 g/mol. The molecule has 1 aliphatic carbocycles. The molecule has 0 saturated heterocycles. The zero-order valence-corrected chi connectivity index (χ0v) is 10.7. The topological polar surface area (TPSA) is 55.1 Å². The highest BCUT2D eigenvalue weighted by Gasteiger charge is 2.33. The number of hydrogen-bond acceptors (Lipinski definition) is 3. The minimum absolute atomic E-state index is 0. The maximum absolute atomic E-state index is 11.9. The van der Waals surface area contributed by atoms with Gasteiger partial charge in [0.1, 0.15) is 0 Å². The van der Waals surface area contributed by atoms with E-state index in [0.717, 1.165) is 18.4 Å². The maximum atomic E-state index is 11.9.